The maximum Gasteiger partial charge on any atom is 0.329 e. The summed E-state index contributed by atoms with van der Waals surface area (Å²) in [4.78, 5) is 26.7. The van der Waals surface area contributed by atoms with Crippen LogP contribution in [-0.4, -0.2) is 63.3 Å². The number of carboxylic acid groups (broad SMARTS) is 1. The number of urea groups is 1. The molecule has 1 aliphatic rings. The smallest absolute Gasteiger partial charge is 0.329 e. The van der Waals surface area contributed by atoms with Gasteiger partial charge in [0.25, 0.3) is 0 Å². The lowest BCUT2D eigenvalue weighted by molar-refractivity contribution is -0.147. The Morgan fingerprint density at radius 1 is 1.25 bits per heavy atom. The topological polar surface area (TPSA) is 81.1 Å². The van der Waals surface area contributed by atoms with Crippen LogP contribution in [0.15, 0.2) is 0 Å². The SMILES string of the molecule is CCN(C(=O)N(C)C1CCCCC1O)C(C)(C)C(=O)O. The van der Waals surface area contributed by atoms with Gasteiger partial charge in [0.1, 0.15) is 5.54 Å². The largest absolute Gasteiger partial charge is 0.480 e. The second-order valence-electron chi connectivity index (χ2n) is 5.92. The first-order valence-electron chi connectivity index (χ1n) is 7.19. The number of aliphatic hydroxyl groups is 1. The molecule has 2 amide bonds. The Morgan fingerprint density at radius 3 is 2.25 bits per heavy atom. The Kier molecular flexibility index (Phi) is 5.39. The molecule has 1 aliphatic carbocycles. The third-order valence-electron chi connectivity index (χ3n) is 4.24. The van der Waals surface area contributed by atoms with E-state index in [1.165, 1.54) is 23.6 Å². The Morgan fingerprint density at radius 2 is 1.80 bits per heavy atom. The molecule has 2 N–H and O–H groups in total. The molecule has 0 heterocycles. The van der Waals surface area contributed by atoms with E-state index in [9.17, 15) is 19.8 Å². The molecule has 0 aromatic heterocycles. The second-order valence-corrected chi connectivity index (χ2v) is 5.92. The van der Waals surface area contributed by atoms with E-state index in [-0.39, 0.29) is 12.1 Å². The number of aliphatic hydroxyl groups excluding tert-OH is 1. The number of amides is 2. The van der Waals surface area contributed by atoms with E-state index in [0.29, 0.717) is 13.0 Å². The van der Waals surface area contributed by atoms with Crippen molar-refractivity contribution in [1.29, 1.82) is 0 Å². The lowest BCUT2D eigenvalue weighted by Crippen LogP contribution is -2.59. The first-order valence-corrected chi connectivity index (χ1v) is 7.19. The molecule has 1 fully saturated rings. The summed E-state index contributed by atoms with van der Waals surface area (Å²) in [6.07, 6.45) is 2.88. The molecule has 116 valence electrons. The van der Waals surface area contributed by atoms with Crippen molar-refractivity contribution >= 4 is 12.0 Å². The minimum atomic E-state index is -1.26. The Hall–Kier alpha value is -1.30. The lowest BCUT2D eigenvalue weighted by atomic mass is 9.91. The van der Waals surface area contributed by atoms with E-state index in [1.54, 1.807) is 14.0 Å². The summed E-state index contributed by atoms with van der Waals surface area (Å²) in [6.45, 7) is 5.10. The minimum absolute atomic E-state index is 0.227. The number of likely N-dealkylation sites (N-methyl/N-ethyl adjacent to an activating group) is 2. The predicted molar refractivity (Wildman–Crippen MR) is 75.5 cm³/mol. The molecule has 0 aromatic carbocycles. The van der Waals surface area contributed by atoms with Crippen LogP contribution >= 0.6 is 0 Å². The Labute approximate surface area is 120 Å². The number of carboxylic acids is 1. The molecule has 6 heteroatoms. The molecule has 6 nitrogen and oxygen atoms in total. The predicted octanol–water partition coefficient (Wildman–Crippen LogP) is 1.53. The van der Waals surface area contributed by atoms with Crippen LogP contribution in [0.2, 0.25) is 0 Å². The van der Waals surface area contributed by atoms with Gasteiger partial charge in [0.2, 0.25) is 0 Å². The summed E-state index contributed by atoms with van der Waals surface area (Å²) in [7, 11) is 1.64. The van der Waals surface area contributed by atoms with Crippen molar-refractivity contribution in [1.82, 2.24) is 9.80 Å². The van der Waals surface area contributed by atoms with Crippen LogP contribution in [0, 0.1) is 0 Å². The molecular weight excluding hydrogens is 260 g/mol. The van der Waals surface area contributed by atoms with Gasteiger partial charge >= 0.3 is 12.0 Å². The van der Waals surface area contributed by atoms with Crippen LogP contribution in [0.4, 0.5) is 4.79 Å². The summed E-state index contributed by atoms with van der Waals surface area (Å²) in [5.74, 6) is -1.04. The maximum atomic E-state index is 12.5. The third kappa shape index (κ3) is 3.23. The molecule has 2 unspecified atom stereocenters. The van der Waals surface area contributed by atoms with Crippen molar-refractivity contribution in [2.45, 2.75) is 64.1 Å². The zero-order valence-electron chi connectivity index (χ0n) is 12.8. The van der Waals surface area contributed by atoms with E-state index in [2.05, 4.69) is 0 Å². The number of nitrogens with zero attached hydrogens (tertiary/aromatic N) is 2. The average molecular weight is 286 g/mol. The minimum Gasteiger partial charge on any atom is -0.480 e. The van der Waals surface area contributed by atoms with Gasteiger partial charge in [0.15, 0.2) is 0 Å². The number of carbonyl (C=O) groups is 2. The van der Waals surface area contributed by atoms with Crippen molar-refractivity contribution in [2.24, 2.45) is 0 Å². The second kappa shape index (κ2) is 6.43. The monoisotopic (exact) mass is 286 g/mol. The fourth-order valence-electron chi connectivity index (χ4n) is 2.76. The average Bonchev–Trinajstić information content (AvgIpc) is 2.38. The molecule has 1 rings (SSSR count). The van der Waals surface area contributed by atoms with Gasteiger partial charge < -0.3 is 20.0 Å². The van der Waals surface area contributed by atoms with Crippen molar-refractivity contribution in [3.63, 3.8) is 0 Å². The summed E-state index contributed by atoms with van der Waals surface area (Å²) >= 11 is 0. The molecule has 2 atom stereocenters. The normalized spacial score (nSPS) is 23.2. The zero-order valence-corrected chi connectivity index (χ0v) is 12.8. The van der Waals surface area contributed by atoms with E-state index < -0.39 is 17.6 Å². The molecule has 0 saturated heterocycles. The van der Waals surface area contributed by atoms with Gasteiger partial charge in [-0.25, -0.2) is 9.59 Å². The van der Waals surface area contributed by atoms with Crippen LogP contribution < -0.4 is 0 Å². The number of rotatable bonds is 4. The lowest BCUT2D eigenvalue weighted by Gasteiger charge is -2.41. The van der Waals surface area contributed by atoms with E-state index in [1.807, 2.05) is 0 Å². The molecule has 0 bridgehead atoms. The van der Waals surface area contributed by atoms with Gasteiger partial charge in [-0.1, -0.05) is 12.8 Å². The van der Waals surface area contributed by atoms with E-state index >= 15 is 0 Å². The van der Waals surface area contributed by atoms with Gasteiger partial charge in [0, 0.05) is 13.6 Å². The number of hydrogen-bond donors (Lipinski definition) is 2. The standard InChI is InChI=1S/C14H26N2O4/c1-5-16(14(2,3)12(18)19)13(20)15(4)10-8-6-7-9-11(10)17/h10-11,17H,5-9H2,1-4H3,(H,18,19). The molecule has 0 aliphatic heterocycles. The van der Waals surface area contributed by atoms with E-state index in [4.69, 9.17) is 0 Å². The van der Waals surface area contributed by atoms with Gasteiger partial charge in [0.05, 0.1) is 12.1 Å². The molecular formula is C14H26N2O4. The Bertz CT molecular complexity index is 370. The van der Waals surface area contributed by atoms with Gasteiger partial charge in [-0.05, 0) is 33.6 Å². The highest BCUT2D eigenvalue weighted by Crippen LogP contribution is 2.25. The van der Waals surface area contributed by atoms with Gasteiger partial charge in [-0.2, -0.15) is 0 Å². The maximum absolute atomic E-state index is 12.5. The van der Waals surface area contributed by atoms with E-state index in [0.717, 1.165) is 19.3 Å². The highest BCUT2D eigenvalue weighted by molar-refractivity contribution is 5.85. The van der Waals surface area contributed by atoms with Crippen molar-refractivity contribution in [3.05, 3.63) is 0 Å². The molecule has 0 aromatic rings. The van der Waals surface area contributed by atoms with Gasteiger partial charge in [-0.3, -0.25) is 0 Å². The fraction of sp³-hybridized carbons (Fsp3) is 0.857. The number of carbonyl (C=O) groups excluding carboxylic acids is 1. The molecule has 1 saturated carbocycles. The summed E-state index contributed by atoms with van der Waals surface area (Å²) in [5, 5.41) is 19.3. The van der Waals surface area contributed by atoms with Crippen molar-refractivity contribution in [2.75, 3.05) is 13.6 Å². The molecule has 20 heavy (non-hydrogen) atoms. The highest BCUT2D eigenvalue weighted by Gasteiger charge is 2.40. The van der Waals surface area contributed by atoms with Crippen LogP contribution in [0.25, 0.3) is 0 Å². The van der Waals surface area contributed by atoms with Crippen molar-refractivity contribution in [3.8, 4) is 0 Å². The first kappa shape index (κ1) is 16.8. The van der Waals surface area contributed by atoms with Crippen LogP contribution in [0.5, 0.6) is 0 Å². The quantitative estimate of drug-likeness (QED) is 0.821. The van der Waals surface area contributed by atoms with Crippen LogP contribution in [0.3, 0.4) is 0 Å². The summed E-state index contributed by atoms with van der Waals surface area (Å²) in [5.41, 5.74) is -1.26. The van der Waals surface area contributed by atoms with Crippen LogP contribution in [-0.2, 0) is 4.79 Å². The Balaban J connectivity index is 2.87. The number of hydrogen-bond acceptors (Lipinski definition) is 3. The zero-order chi connectivity index (χ0) is 15.5. The summed E-state index contributed by atoms with van der Waals surface area (Å²) < 4.78 is 0. The van der Waals surface area contributed by atoms with Gasteiger partial charge in [-0.15, -0.1) is 0 Å². The third-order valence-corrected chi connectivity index (χ3v) is 4.24. The molecule has 0 radical (unpaired) electrons. The van der Waals surface area contributed by atoms with Crippen LogP contribution in [0.1, 0.15) is 46.5 Å². The summed E-state index contributed by atoms with van der Waals surface area (Å²) in [6, 6.07) is -0.569. The first-order chi connectivity index (χ1) is 9.23. The van der Waals surface area contributed by atoms with Crippen molar-refractivity contribution < 1.29 is 19.8 Å². The number of aliphatic carboxylic acids is 1. The highest BCUT2D eigenvalue weighted by atomic mass is 16.4. The molecule has 0 spiro atoms. The fourth-order valence-corrected chi connectivity index (χ4v) is 2.76.